The summed E-state index contributed by atoms with van der Waals surface area (Å²) in [5.74, 6) is -0.804. The fourth-order valence-corrected chi connectivity index (χ4v) is 5.31. The zero-order valence-corrected chi connectivity index (χ0v) is 19.3. The second kappa shape index (κ2) is 8.76. The molecule has 1 aliphatic rings. The van der Waals surface area contributed by atoms with E-state index in [4.69, 9.17) is 26.8 Å². The van der Waals surface area contributed by atoms with Crippen molar-refractivity contribution in [2.45, 2.75) is 5.92 Å². The number of nitro benzene ring substituents is 1. The van der Waals surface area contributed by atoms with Crippen LogP contribution >= 0.6 is 22.9 Å². The van der Waals surface area contributed by atoms with Crippen LogP contribution in [0.5, 0.6) is 11.5 Å². The van der Waals surface area contributed by atoms with E-state index in [9.17, 15) is 20.2 Å². The molecule has 2 N–H and O–H groups in total. The minimum absolute atomic E-state index is 0.0707. The third-order valence-electron chi connectivity index (χ3n) is 5.56. The van der Waals surface area contributed by atoms with Crippen molar-refractivity contribution in [3.8, 4) is 17.6 Å². The quantitative estimate of drug-likeness (QED) is 0.159. The molecule has 172 valence electrons. The molecule has 0 spiro atoms. The lowest BCUT2D eigenvalue weighted by atomic mass is 9.83. The highest BCUT2D eigenvalue weighted by Gasteiger charge is 2.31. The van der Waals surface area contributed by atoms with E-state index in [1.54, 1.807) is 24.3 Å². The van der Waals surface area contributed by atoms with Gasteiger partial charge in [0.2, 0.25) is 5.88 Å². The van der Waals surface area contributed by atoms with Gasteiger partial charge >= 0.3 is 5.97 Å². The van der Waals surface area contributed by atoms with Gasteiger partial charge in [0.1, 0.15) is 28.0 Å². The number of esters is 1. The lowest BCUT2D eigenvalue weighted by Gasteiger charge is -2.26. The van der Waals surface area contributed by atoms with E-state index >= 15 is 0 Å². The van der Waals surface area contributed by atoms with Gasteiger partial charge in [-0.3, -0.25) is 10.1 Å². The number of nitrogens with two attached hydrogens (primary N) is 1. The SMILES string of the molecule is N#CC1=C(N)Oc2cc(OC(=O)c3sc4ccccc4c3Cl)ccc2C1c1ccc([N+](=O)[O-])cc1. The highest BCUT2D eigenvalue weighted by molar-refractivity contribution is 7.21. The molecular formula is C25H14ClN3O5S. The summed E-state index contributed by atoms with van der Waals surface area (Å²) in [6, 6.07) is 20.1. The second-order valence-electron chi connectivity index (χ2n) is 7.60. The van der Waals surface area contributed by atoms with Crippen LogP contribution in [0.1, 0.15) is 26.7 Å². The van der Waals surface area contributed by atoms with Gasteiger partial charge in [-0.2, -0.15) is 5.26 Å². The van der Waals surface area contributed by atoms with Crippen LogP contribution in [0.15, 0.2) is 78.2 Å². The van der Waals surface area contributed by atoms with E-state index in [0.717, 1.165) is 10.1 Å². The number of nitro groups is 1. The van der Waals surface area contributed by atoms with Crippen LogP contribution in [0.2, 0.25) is 5.02 Å². The van der Waals surface area contributed by atoms with Crippen molar-refractivity contribution in [3.05, 3.63) is 109 Å². The van der Waals surface area contributed by atoms with Crippen molar-refractivity contribution in [2.75, 3.05) is 0 Å². The maximum Gasteiger partial charge on any atom is 0.355 e. The summed E-state index contributed by atoms with van der Waals surface area (Å²) in [6.45, 7) is 0. The Morgan fingerprint density at radius 3 is 2.60 bits per heavy atom. The predicted molar refractivity (Wildman–Crippen MR) is 131 cm³/mol. The Balaban J connectivity index is 1.48. The first-order chi connectivity index (χ1) is 16.9. The van der Waals surface area contributed by atoms with Gasteiger partial charge in [0, 0.05) is 33.8 Å². The average Bonchev–Trinajstić information content (AvgIpc) is 3.20. The first-order valence-corrected chi connectivity index (χ1v) is 11.4. The van der Waals surface area contributed by atoms with Gasteiger partial charge in [-0.05, 0) is 17.7 Å². The number of carbonyl (C=O) groups is 1. The summed E-state index contributed by atoms with van der Waals surface area (Å²) in [5.41, 5.74) is 7.35. The lowest BCUT2D eigenvalue weighted by molar-refractivity contribution is -0.384. The van der Waals surface area contributed by atoms with E-state index in [1.807, 2.05) is 24.3 Å². The summed E-state index contributed by atoms with van der Waals surface area (Å²) in [7, 11) is 0. The van der Waals surface area contributed by atoms with Crippen molar-refractivity contribution in [2.24, 2.45) is 5.73 Å². The number of nitriles is 1. The minimum Gasteiger partial charge on any atom is -0.440 e. The molecule has 0 radical (unpaired) electrons. The lowest BCUT2D eigenvalue weighted by Crippen LogP contribution is -2.21. The fourth-order valence-electron chi connectivity index (χ4n) is 3.93. The maximum absolute atomic E-state index is 12.8. The van der Waals surface area contributed by atoms with E-state index < -0.39 is 16.8 Å². The number of hydrogen-bond acceptors (Lipinski definition) is 8. The van der Waals surface area contributed by atoms with E-state index in [-0.39, 0.29) is 27.8 Å². The van der Waals surface area contributed by atoms with Crippen LogP contribution in [-0.2, 0) is 0 Å². The molecule has 0 saturated heterocycles. The first-order valence-electron chi connectivity index (χ1n) is 10.2. The predicted octanol–water partition coefficient (Wildman–Crippen LogP) is 5.90. The zero-order chi connectivity index (χ0) is 24.7. The van der Waals surface area contributed by atoms with Gasteiger partial charge in [-0.15, -0.1) is 11.3 Å². The van der Waals surface area contributed by atoms with Crippen LogP contribution in [0.4, 0.5) is 5.69 Å². The number of non-ortho nitro benzene ring substituents is 1. The molecule has 0 saturated carbocycles. The normalized spacial score (nSPS) is 14.7. The average molecular weight is 504 g/mol. The largest absolute Gasteiger partial charge is 0.440 e. The number of rotatable bonds is 4. The Morgan fingerprint density at radius 1 is 1.17 bits per heavy atom. The minimum atomic E-state index is -0.611. The van der Waals surface area contributed by atoms with E-state index in [0.29, 0.717) is 21.9 Å². The summed E-state index contributed by atoms with van der Waals surface area (Å²) in [6.07, 6.45) is 0. The number of fused-ring (bicyclic) bond motifs is 2. The number of benzene rings is 3. The summed E-state index contributed by atoms with van der Waals surface area (Å²) in [5, 5.41) is 21.8. The van der Waals surface area contributed by atoms with Gasteiger partial charge in [0.05, 0.1) is 15.9 Å². The Morgan fingerprint density at radius 2 is 1.91 bits per heavy atom. The van der Waals surface area contributed by atoms with Gasteiger partial charge in [-0.1, -0.05) is 48.0 Å². The second-order valence-corrected chi connectivity index (χ2v) is 9.03. The Kier molecular flexibility index (Phi) is 5.61. The van der Waals surface area contributed by atoms with Gasteiger partial charge < -0.3 is 15.2 Å². The number of nitrogens with zero attached hydrogens (tertiary/aromatic N) is 2. The molecule has 10 heteroatoms. The number of allylic oxidation sites excluding steroid dienone is 1. The molecule has 1 unspecified atom stereocenters. The number of halogens is 1. The van der Waals surface area contributed by atoms with Crippen molar-refractivity contribution in [3.63, 3.8) is 0 Å². The highest BCUT2D eigenvalue weighted by atomic mass is 35.5. The number of hydrogen-bond donors (Lipinski definition) is 1. The van der Waals surface area contributed by atoms with E-state index in [2.05, 4.69) is 6.07 Å². The standard InChI is InChI=1S/C25H14ClN3O5S/c26-22-17-3-1-2-4-20(17)35-23(22)25(30)33-15-9-10-16-19(11-15)34-24(28)18(12-27)21(16)13-5-7-14(8-6-13)29(31)32/h1-11,21H,28H2. The maximum atomic E-state index is 12.8. The molecule has 1 aliphatic heterocycles. The Labute approximate surface area is 207 Å². The molecular weight excluding hydrogens is 490 g/mol. The van der Waals surface area contributed by atoms with Crippen LogP contribution in [0.25, 0.3) is 10.1 Å². The van der Waals surface area contributed by atoms with Crippen LogP contribution in [-0.4, -0.2) is 10.9 Å². The first kappa shape index (κ1) is 22.4. The Hall–Kier alpha value is -4.39. The summed E-state index contributed by atoms with van der Waals surface area (Å²) < 4.78 is 12.1. The molecule has 35 heavy (non-hydrogen) atoms. The van der Waals surface area contributed by atoms with Gasteiger partial charge in [-0.25, -0.2) is 4.79 Å². The molecule has 3 aromatic carbocycles. The van der Waals surface area contributed by atoms with Crippen molar-refractivity contribution in [1.82, 2.24) is 0 Å². The molecule has 5 rings (SSSR count). The van der Waals surface area contributed by atoms with Gasteiger partial charge in [0.25, 0.3) is 5.69 Å². The topological polar surface area (TPSA) is 128 Å². The molecule has 0 fully saturated rings. The number of ether oxygens (including phenoxy) is 2. The highest BCUT2D eigenvalue weighted by Crippen LogP contribution is 2.44. The number of carbonyl (C=O) groups excluding carboxylic acids is 1. The van der Waals surface area contributed by atoms with E-state index in [1.165, 1.54) is 29.5 Å². The molecule has 0 aliphatic carbocycles. The fraction of sp³-hybridized carbons (Fsp3) is 0.0400. The molecule has 4 aromatic rings. The smallest absolute Gasteiger partial charge is 0.355 e. The Bertz CT molecular complexity index is 1590. The van der Waals surface area contributed by atoms with Gasteiger partial charge in [0.15, 0.2) is 0 Å². The molecule has 2 heterocycles. The molecule has 8 nitrogen and oxygen atoms in total. The monoisotopic (exact) mass is 503 g/mol. The van der Waals surface area contributed by atoms with Crippen LogP contribution in [0.3, 0.4) is 0 Å². The zero-order valence-electron chi connectivity index (χ0n) is 17.7. The van der Waals surface area contributed by atoms with Crippen molar-refractivity contribution in [1.29, 1.82) is 5.26 Å². The number of thiophene rings is 1. The summed E-state index contributed by atoms with van der Waals surface area (Å²) in [4.78, 5) is 23.6. The summed E-state index contributed by atoms with van der Waals surface area (Å²) >= 11 is 7.63. The molecule has 0 bridgehead atoms. The molecule has 1 aromatic heterocycles. The van der Waals surface area contributed by atoms with Crippen molar-refractivity contribution < 1.29 is 19.2 Å². The third-order valence-corrected chi connectivity index (χ3v) is 7.21. The molecule has 0 amide bonds. The van der Waals surface area contributed by atoms with Crippen molar-refractivity contribution >= 4 is 44.7 Å². The van der Waals surface area contributed by atoms with Crippen LogP contribution < -0.4 is 15.2 Å². The third kappa shape index (κ3) is 3.95. The van der Waals surface area contributed by atoms with Crippen LogP contribution in [0, 0.1) is 21.4 Å². The molecule has 1 atom stereocenters.